The number of aliphatic imine (C=N–C) groups is 1. The van der Waals surface area contributed by atoms with Gasteiger partial charge in [0.15, 0.2) is 6.17 Å². The molecule has 1 N–H and O–H groups in total. The Morgan fingerprint density at radius 1 is 1.17 bits per heavy atom. The van der Waals surface area contributed by atoms with Crippen molar-refractivity contribution in [3.05, 3.63) is 35.9 Å². The Kier molecular flexibility index (Phi) is 4.69. The Hall–Kier alpha value is -1.55. The lowest BCUT2D eigenvalue weighted by molar-refractivity contribution is -0.160. The predicted molar refractivity (Wildman–Crippen MR) is 114 cm³/mol. The average molecular weight is 397 g/mol. The Labute approximate surface area is 173 Å². The van der Waals surface area contributed by atoms with Crippen LogP contribution in [0.25, 0.3) is 0 Å². The first-order chi connectivity index (χ1) is 14.0. The summed E-state index contributed by atoms with van der Waals surface area (Å²) in [5.41, 5.74) is 1.84. The Balaban J connectivity index is 1.54. The summed E-state index contributed by atoms with van der Waals surface area (Å²) in [6.07, 6.45) is 8.27. The smallest absolute Gasteiger partial charge is 0.251 e. The van der Waals surface area contributed by atoms with Gasteiger partial charge in [0.25, 0.3) is 5.91 Å². The number of carbonyl (C=O) groups is 1. The summed E-state index contributed by atoms with van der Waals surface area (Å²) < 4.78 is 14.4. The van der Waals surface area contributed by atoms with E-state index in [4.69, 9.17) is 0 Å². The second kappa shape index (κ2) is 7.01. The number of nitrogens with one attached hydrogen (secondary N) is 1. The molecule has 1 aromatic carbocycles. The number of piperidine rings is 1. The maximum atomic E-state index is 14.4. The maximum absolute atomic E-state index is 14.4. The van der Waals surface area contributed by atoms with Crippen LogP contribution in [0.1, 0.15) is 70.3 Å². The minimum atomic E-state index is -1.12. The Bertz CT molecular complexity index is 823. The summed E-state index contributed by atoms with van der Waals surface area (Å²) in [6, 6.07) is 10.9. The molecule has 1 amide bonds. The molecule has 5 atom stereocenters. The SMILES string of the molecule is CCC[C@]12CC3CC(C(=O)/N=C4\CCNC[C@@H]4F)(C1)C[C@@](c1ccccc1)(C3)C2. The first-order valence-corrected chi connectivity index (χ1v) is 11.5. The van der Waals surface area contributed by atoms with Gasteiger partial charge in [-0.2, -0.15) is 0 Å². The molecule has 0 radical (unpaired) electrons. The largest absolute Gasteiger partial charge is 0.313 e. The van der Waals surface area contributed by atoms with Gasteiger partial charge in [0.05, 0.1) is 11.1 Å². The molecular formula is C25H33FN2O. The van der Waals surface area contributed by atoms with Crippen LogP contribution in [0.5, 0.6) is 0 Å². The van der Waals surface area contributed by atoms with E-state index in [-0.39, 0.29) is 28.7 Å². The second-order valence-corrected chi connectivity index (χ2v) is 10.5. The molecule has 1 aromatic rings. The van der Waals surface area contributed by atoms with Gasteiger partial charge in [0, 0.05) is 19.5 Å². The lowest BCUT2D eigenvalue weighted by atomic mass is 9.37. The van der Waals surface area contributed by atoms with Crippen molar-refractivity contribution >= 4 is 11.6 Å². The van der Waals surface area contributed by atoms with Crippen molar-refractivity contribution in [3.8, 4) is 0 Å². The zero-order valence-electron chi connectivity index (χ0n) is 17.6. The molecule has 4 saturated carbocycles. The van der Waals surface area contributed by atoms with Gasteiger partial charge in [0.2, 0.25) is 0 Å². The van der Waals surface area contributed by atoms with Crippen LogP contribution in [-0.2, 0) is 10.2 Å². The summed E-state index contributed by atoms with van der Waals surface area (Å²) in [4.78, 5) is 18.1. The van der Waals surface area contributed by atoms with Crippen molar-refractivity contribution in [1.29, 1.82) is 0 Å². The lowest BCUT2D eigenvalue weighted by Crippen LogP contribution is -2.60. The number of alkyl halides is 1. The highest BCUT2D eigenvalue weighted by Gasteiger charge is 2.65. The molecule has 1 saturated heterocycles. The normalized spacial score (nSPS) is 42.3. The van der Waals surface area contributed by atoms with Crippen LogP contribution in [0.2, 0.25) is 0 Å². The molecule has 6 rings (SSSR count). The van der Waals surface area contributed by atoms with Gasteiger partial charge in [-0.1, -0.05) is 43.7 Å². The van der Waals surface area contributed by atoms with Crippen molar-refractivity contribution in [1.82, 2.24) is 5.32 Å². The number of hydrogen-bond donors (Lipinski definition) is 1. The van der Waals surface area contributed by atoms with E-state index in [1.807, 2.05) is 0 Å². The number of benzene rings is 1. The second-order valence-electron chi connectivity index (χ2n) is 10.5. The van der Waals surface area contributed by atoms with Crippen molar-refractivity contribution in [2.75, 3.05) is 13.1 Å². The quantitative estimate of drug-likeness (QED) is 0.779. The molecule has 29 heavy (non-hydrogen) atoms. The first-order valence-electron chi connectivity index (χ1n) is 11.5. The maximum Gasteiger partial charge on any atom is 0.251 e. The first kappa shape index (κ1) is 19.4. The number of rotatable bonds is 4. The molecule has 0 spiro atoms. The Morgan fingerprint density at radius 3 is 2.76 bits per heavy atom. The summed E-state index contributed by atoms with van der Waals surface area (Å²) in [7, 11) is 0. The van der Waals surface area contributed by atoms with E-state index in [0.717, 1.165) is 32.2 Å². The van der Waals surface area contributed by atoms with Gasteiger partial charge in [-0.05, 0) is 67.3 Å². The third-order valence-electron chi connectivity index (χ3n) is 8.29. The van der Waals surface area contributed by atoms with Crippen LogP contribution in [-0.4, -0.2) is 30.9 Å². The van der Waals surface area contributed by atoms with Crippen LogP contribution < -0.4 is 5.32 Å². The highest BCUT2D eigenvalue weighted by molar-refractivity contribution is 6.01. The van der Waals surface area contributed by atoms with Crippen molar-refractivity contribution in [2.45, 2.75) is 76.3 Å². The van der Waals surface area contributed by atoms with E-state index in [9.17, 15) is 9.18 Å². The fourth-order valence-electron chi connectivity index (χ4n) is 7.89. The monoisotopic (exact) mass is 396 g/mol. The van der Waals surface area contributed by atoms with Crippen molar-refractivity contribution in [3.63, 3.8) is 0 Å². The van der Waals surface area contributed by atoms with E-state index < -0.39 is 6.17 Å². The molecule has 1 aliphatic heterocycles. The van der Waals surface area contributed by atoms with Gasteiger partial charge in [-0.25, -0.2) is 9.38 Å². The van der Waals surface area contributed by atoms with E-state index in [1.54, 1.807) is 0 Å². The summed E-state index contributed by atoms with van der Waals surface area (Å²) >= 11 is 0. The van der Waals surface area contributed by atoms with Crippen LogP contribution in [0.15, 0.2) is 35.3 Å². The van der Waals surface area contributed by atoms with E-state index in [2.05, 4.69) is 47.6 Å². The molecule has 4 aliphatic carbocycles. The highest BCUT2D eigenvalue weighted by Crippen LogP contribution is 2.71. The highest BCUT2D eigenvalue weighted by atomic mass is 19.1. The summed E-state index contributed by atoms with van der Waals surface area (Å²) in [5.74, 6) is 0.582. The number of halogens is 1. The van der Waals surface area contributed by atoms with Crippen LogP contribution >= 0.6 is 0 Å². The number of nitrogens with zero attached hydrogens (tertiary/aromatic N) is 1. The minimum Gasteiger partial charge on any atom is -0.313 e. The molecule has 0 aromatic heterocycles. The molecule has 3 nitrogen and oxygen atoms in total. The van der Waals surface area contributed by atoms with Crippen LogP contribution in [0.4, 0.5) is 4.39 Å². The molecule has 4 heteroatoms. The zero-order chi connectivity index (χ0) is 20.1. The van der Waals surface area contributed by atoms with Crippen LogP contribution in [0.3, 0.4) is 0 Å². The van der Waals surface area contributed by atoms with Gasteiger partial charge in [-0.3, -0.25) is 4.79 Å². The van der Waals surface area contributed by atoms with Crippen molar-refractivity contribution in [2.24, 2.45) is 21.7 Å². The zero-order valence-corrected chi connectivity index (χ0v) is 17.6. The van der Waals surface area contributed by atoms with E-state index in [0.29, 0.717) is 18.1 Å². The molecule has 156 valence electrons. The standard InChI is InChI=1S/C25H33FN2O/c1-2-9-23-11-18-12-24(15-23,19-6-4-3-5-7-19)17-25(13-18,16-23)22(29)28-21-8-10-27-14-20(21)26/h3-7,18,20,27H,2,8-17H2,1H3/b28-21+/t18?,20-,23+,24+,25?/m0/s1. The Morgan fingerprint density at radius 2 is 2.00 bits per heavy atom. The van der Waals surface area contributed by atoms with Crippen LogP contribution in [0, 0.1) is 16.7 Å². The summed E-state index contributed by atoms with van der Waals surface area (Å²) in [5, 5.41) is 3.06. The fraction of sp³-hybridized carbons (Fsp3) is 0.680. The molecule has 4 bridgehead atoms. The van der Waals surface area contributed by atoms with E-state index in [1.165, 1.54) is 31.2 Å². The van der Waals surface area contributed by atoms with Gasteiger partial charge in [0.1, 0.15) is 0 Å². The van der Waals surface area contributed by atoms with Crippen molar-refractivity contribution < 1.29 is 9.18 Å². The number of hydrogen-bond acceptors (Lipinski definition) is 2. The molecule has 1 heterocycles. The third-order valence-corrected chi connectivity index (χ3v) is 8.29. The molecular weight excluding hydrogens is 363 g/mol. The van der Waals surface area contributed by atoms with E-state index >= 15 is 0 Å². The third kappa shape index (κ3) is 3.19. The summed E-state index contributed by atoms with van der Waals surface area (Å²) in [6.45, 7) is 3.27. The number of amides is 1. The molecule has 2 unspecified atom stereocenters. The minimum absolute atomic E-state index is 0.0121. The number of carbonyl (C=O) groups excluding carboxylic acids is 1. The van der Waals surface area contributed by atoms with Gasteiger partial charge >= 0.3 is 0 Å². The average Bonchev–Trinajstić information content (AvgIpc) is 2.69. The fourth-order valence-corrected chi connectivity index (χ4v) is 7.89. The predicted octanol–water partition coefficient (Wildman–Crippen LogP) is 4.99. The topological polar surface area (TPSA) is 41.5 Å². The van der Waals surface area contributed by atoms with Gasteiger partial charge < -0.3 is 5.32 Å². The molecule has 5 aliphatic rings. The lowest BCUT2D eigenvalue weighted by Gasteiger charge is -2.66. The molecule has 5 fully saturated rings. The van der Waals surface area contributed by atoms with Gasteiger partial charge in [-0.15, -0.1) is 0 Å².